The van der Waals surface area contributed by atoms with Crippen molar-refractivity contribution in [2.24, 2.45) is 0 Å². The topological polar surface area (TPSA) is 84.0 Å². The number of piperazine rings is 1. The summed E-state index contributed by atoms with van der Waals surface area (Å²) in [4.78, 5) is 33.9. The maximum absolute atomic E-state index is 12.8. The standard InChI is InChI=1S/C25H25BrN4O4/c1-33-21-13-18(14-22(15-21)34-2)24(31)28-20-6-7-23(27-16-20)29-8-10-30(11-9-29)25(32)17-4-3-5-19(26)12-17/h3-7,12-16H,8-11H2,1-2H3,(H,28,31). The number of nitrogens with zero attached hydrogens (tertiary/aromatic N) is 3. The summed E-state index contributed by atoms with van der Waals surface area (Å²) in [6, 6.07) is 16.1. The second-order valence-corrected chi connectivity index (χ2v) is 8.67. The number of aromatic nitrogens is 1. The number of ether oxygens (including phenoxy) is 2. The van der Waals surface area contributed by atoms with Gasteiger partial charge in [-0.25, -0.2) is 4.98 Å². The van der Waals surface area contributed by atoms with Crippen LogP contribution in [0.5, 0.6) is 11.5 Å². The number of halogens is 1. The van der Waals surface area contributed by atoms with Crippen LogP contribution < -0.4 is 19.7 Å². The Morgan fingerprint density at radius 3 is 2.21 bits per heavy atom. The number of carbonyl (C=O) groups is 2. The molecule has 0 radical (unpaired) electrons. The number of hydrogen-bond donors (Lipinski definition) is 1. The molecule has 2 heterocycles. The highest BCUT2D eigenvalue weighted by atomic mass is 79.9. The molecule has 4 rings (SSSR count). The Kier molecular flexibility index (Phi) is 7.32. The molecule has 0 atom stereocenters. The van der Waals surface area contributed by atoms with E-state index in [1.54, 1.807) is 24.4 Å². The molecule has 1 aromatic heterocycles. The number of carbonyl (C=O) groups excluding carboxylic acids is 2. The van der Waals surface area contributed by atoms with E-state index in [1.807, 2.05) is 41.3 Å². The fourth-order valence-electron chi connectivity index (χ4n) is 3.73. The number of benzene rings is 2. The monoisotopic (exact) mass is 524 g/mol. The first-order valence-electron chi connectivity index (χ1n) is 10.8. The summed E-state index contributed by atoms with van der Waals surface area (Å²) < 4.78 is 11.3. The first-order valence-corrected chi connectivity index (χ1v) is 11.6. The van der Waals surface area contributed by atoms with Gasteiger partial charge in [0.15, 0.2) is 0 Å². The van der Waals surface area contributed by atoms with Gasteiger partial charge in [0.05, 0.1) is 26.1 Å². The Morgan fingerprint density at radius 1 is 0.912 bits per heavy atom. The summed E-state index contributed by atoms with van der Waals surface area (Å²) in [5.74, 6) is 1.62. The van der Waals surface area contributed by atoms with Crippen molar-refractivity contribution in [1.29, 1.82) is 0 Å². The Bertz CT molecular complexity index is 1160. The molecule has 2 amide bonds. The highest BCUT2D eigenvalue weighted by Crippen LogP contribution is 2.24. The molecule has 0 bridgehead atoms. The van der Waals surface area contributed by atoms with E-state index < -0.39 is 0 Å². The van der Waals surface area contributed by atoms with Crippen LogP contribution in [0.15, 0.2) is 65.3 Å². The minimum absolute atomic E-state index is 0.0288. The fourth-order valence-corrected chi connectivity index (χ4v) is 4.13. The molecule has 8 nitrogen and oxygen atoms in total. The number of nitrogens with one attached hydrogen (secondary N) is 1. The van der Waals surface area contributed by atoms with Crippen molar-refractivity contribution in [2.45, 2.75) is 0 Å². The van der Waals surface area contributed by atoms with Gasteiger partial charge in [-0.3, -0.25) is 9.59 Å². The fraction of sp³-hybridized carbons (Fsp3) is 0.240. The molecule has 176 valence electrons. The van der Waals surface area contributed by atoms with Crippen LogP contribution in [-0.2, 0) is 0 Å². The minimum Gasteiger partial charge on any atom is -0.497 e. The Hall–Kier alpha value is -3.59. The number of rotatable bonds is 6. The molecule has 0 unspecified atom stereocenters. The molecule has 3 aromatic rings. The van der Waals surface area contributed by atoms with E-state index >= 15 is 0 Å². The van der Waals surface area contributed by atoms with Crippen LogP contribution in [0.1, 0.15) is 20.7 Å². The number of methoxy groups -OCH3 is 2. The molecule has 1 N–H and O–H groups in total. The molecule has 1 fully saturated rings. The lowest BCUT2D eigenvalue weighted by atomic mass is 10.2. The second-order valence-electron chi connectivity index (χ2n) is 7.75. The molecule has 1 aliphatic rings. The Morgan fingerprint density at radius 2 is 1.62 bits per heavy atom. The summed E-state index contributed by atoms with van der Waals surface area (Å²) in [7, 11) is 3.07. The number of hydrogen-bond acceptors (Lipinski definition) is 6. The maximum atomic E-state index is 12.8. The zero-order valence-electron chi connectivity index (χ0n) is 19.0. The number of pyridine rings is 1. The van der Waals surface area contributed by atoms with E-state index in [4.69, 9.17) is 9.47 Å². The van der Waals surface area contributed by atoms with E-state index in [-0.39, 0.29) is 11.8 Å². The van der Waals surface area contributed by atoms with Crippen molar-refractivity contribution in [3.8, 4) is 11.5 Å². The van der Waals surface area contributed by atoms with Crippen LogP contribution >= 0.6 is 15.9 Å². The molecule has 0 spiro atoms. The third-order valence-electron chi connectivity index (χ3n) is 5.58. The molecule has 0 saturated carbocycles. The molecule has 1 saturated heterocycles. The van der Waals surface area contributed by atoms with Gasteiger partial charge < -0.3 is 24.6 Å². The van der Waals surface area contributed by atoms with E-state index in [0.717, 1.165) is 10.3 Å². The quantitative estimate of drug-likeness (QED) is 0.523. The van der Waals surface area contributed by atoms with Gasteiger partial charge in [-0.1, -0.05) is 22.0 Å². The zero-order valence-corrected chi connectivity index (χ0v) is 20.5. The highest BCUT2D eigenvalue weighted by molar-refractivity contribution is 9.10. The van der Waals surface area contributed by atoms with Crippen LogP contribution in [-0.4, -0.2) is 62.1 Å². The lowest BCUT2D eigenvalue weighted by Crippen LogP contribution is -2.49. The first-order chi connectivity index (χ1) is 16.5. The van der Waals surface area contributed by atoms with Gasteiger partial charge in [0, 0.05) is 47.8 Å². The third kappa shape index (κ3) is 5.48. The summed E-state index contributed by atoms with van der Waals surface area (Å²) in [5.41, 5.74) is 1.68. The average Bonchev–Trinajstić information content (AvgIpc) is 2.88. The van der Waals surface area contributed by atoms with Crippen molar-refractivity contribution in [2.75, 3.05) is 50.6 Å². The van der Waals surface area contributed by atoms with Gasteiger partial charge in [-0.05, 0) is 42.5 Å². The molecule has 34 heavy (non-hydrogen) atoms. The predicted octanol–water partition coefficient (Wildman–Crippen LogP) is 4.08. The van der Waals surface area contributed by atoms with Crippen molar-refractivity contribution in [3.63, 3.8) is 0 Å². The van der Waals surface area contributed by atoms with E-state index in [9.17, 15) is 9.59 Å². The molecule has 0 aliphatic carbocycles. The van der Waals surface area contributed by atoms with Gasteiger partial charge in [0.1, 0.15) is 17.3 Å². The SMILES string of the molecule is COc1cc(OC)cc(C(=O)Nc2ccc(N3CCN(C(=O)c4cccc(Br)c4)CC3)nc2)c1. The maximum Gasteiger partial charge on any atom is 0.255 e. The lowest BCUT2D eigenvalue weighted by Gasteiger charge is -2.35. The molecular formula is C25H25BrN4O4. The predicted molar refractivity (Wildman–Crippen MR) is 134 cm³/mol. The van der Waals surface area contributed by atoms with Crippen molar-refractivity contribution in [1.82, 2.24) is 9.88 Å². The zero-order chi connectivity index (χ0) is 24.1. The van der Waals surface area contributed by atoms with E-state index in [2.05, 4.69) is 31.1 Å². The number of anilines is 2. The van der Waals surface area contributed by atoms with Crippen LogP contribution in [0.3, 0.4) is 0 Å². The highest BCUT2D eigenvalue weighted by Gasteiger charge is 2.23. The van der Waals surface area contributed by atoms with Crippen LogP contribution in [0, 0.1) is 0 Å². The van der Waals surface area contributed by atoms with Crippen LogP contribution in [0.4, 0.5) is 11.5 Å². The normalized spacial score (nSPS) is 13.4. The number of amides is 2. The van der Waals surface area contributed by atoms with Crippen molar-refractivity contribution < 1.29 is 19.1 Å². The first kappa shape index (κ1) is 23.6. The molecular weight excluding hydrogens is 500 g/mol. The molecule has 1 aliphatic heterocycles. The van der Waals surface area contributed by atoms with Gasteiger partial charge in [-0.2, -0.15) is 0 Å². The summed E-state index contributed by atoms with van der Waals surface area (Å²) >= 11 is 3.42. The third-order valence-corrected chi connectivity index (χ3v) is 6.08. The van der Waals surface area contributed by atoms with Crippen LogP contribution in [0.2, 0.25) is 0 Å². The van der Waals surface area contributed by atoms with Gasteiger partial charge in [-0.15, -0.1) is 0 Å². The van der Waals surface area contributed by atoms with E-state index in [0.29, 0.717) is 54.5 Å². The average molecular weight is 525 g/mol. The summed E-state index contributed by atoms with van der Waals surface area (Å²) in [5, 5.41) is 2.85. The minimum atomic E-state index is -0.286. The van der Waals surface area contributed by atoms with Gasteiger partial charge in [0.2, 0.25) is 0 Å². The largest absolute Gasteiger partial charge is 0.497 e. The molecule has 2 aromatic carbocycles. The summed E-state index contributed by atoms with van der Waals surface area (Å²) in [6.07, 6.45) is 1.63. The van der Waals surface area contributed by atoms with Crippen molar-refractivity contribution in [3.05, 3.63) is 76.4 Å². The van der Waals surface area contributed by atoms with Crippen molar-refractivity contribution >= 4 is 39.2 Å². The smallest absolute Gasteiger partial charge is 0.255 e. The van der Waals surface area contributed by atoms with Gasteiger partial charge in [0.25, 0.3) is 11.8 Å². The Balaban J connectivity index is 1.35. The van der Waals surface area contributed by atoms with Gasteiger partial charge >= 0.3 is 0 Å². The molecule has 9 heteroatoms. The summed E-state index contributed by atoms with van der Waals surface area (Å²) in [6.45, 7) is 2.59. The van der Waals surface area contributed by atoms with E-state index in [1.165, 1.54) is 14.2 Å². The second kappa shape index (κ2) is 10.6. The lowest BCUT2D eigenvalue weighted by molar-refractivity contribution is 0.0746. The van der Waals surface area contributed by atoms with Crippen LogP contribution in [0.25, 0.3) is 0 Å². The Labute approximate surface area is 206 Å².